The van der Waals surface area contributed by atoms with Crippen molar-refractivity contribution in [3.05, 3.63) is 29.6 Å². The summed E-state index contributed by atoms with van der Waals surface area (Å²) < 4.78 is 23.3. The van der Waals surface area contributed by atoms with Gasteiger partial charge in [0, 0.05) is 17.7 Å². The largest absolute Gasteiger partial charge is 0.482 e. The zero-order valence-corrected chi connectivity index (χ0v) is 9.90. The molecular weight excluding hydrogens is 225 g/mol. The molecule has 0 amide bonds. The molecule has 0 aliphatic rings. The van der Waals surface area contributed by atoms with Gasteiger partial charge in [0.2, 0.25) is 0 Å². The van der Waals surface area contributed by atoms with Gasteiger partial charge in [0.05, 0.1) is 6.61 Å². The minimum Gasteiger partial charge on any atom is -0.482 e. The fourth-order valence-electron chi connectivity index (χ4n) is 1.31. The lowest BCUT2D eigenvalue weighted by atomic mass is 10.1. The van der Waals surface area contributed by atoms with E-state index in [2.05, 4.69) is 4.74 Å². The van der Waals surface area contributed by atoms with Gasteiger partial charge in [-0.15, -0.1) is 0 Å². The van der Waals surface area contributed by atoms with Crippen LogP contribution in [0.2, 0.25) is 0 Å². The number of hydrogen-bond donors (Lipinski definition) is 1. The summed E-state index contributed by atoms with van der Waals surface area (Å²) in [5.41, 5.74) is 5.98. The smallest absolute Gasteiger partial charge is 0.344 e. The summed E-state index contributed by atoms with van der Waals surface area (Å²) >= 11 is 0. The van der Waals surface area contributed by atoms with Crippen LogP contribution in [-0.4, -0.2) is 19.2 Å². The van der Waals surface area contributed by atoms with Crippen molar-refractivity contribution in [1.82, 2.24) is 0 Å². The SMILES string of the molecule is CCOC(=O)COc1ccc(C(C)N)c(F)c1. The van der Waals surface area contributed by atoms with E-state index in [0.717, 1.165) is 0 Å². The van der Waals surface area contributed by atoms with Gasteiger partial charge in [0.25, 0.3) is 0 Å². The van der Waals surface area contributed by atoms with Gasteiger partial charge < -0.3 is 15.2 Å². The van der Waals surface area contributed by atoms with Crippen molar-refractivity contribution in [1.29, 1.82) is 0 Å². The van der Waals surface area contributed by atoms with Gasteiger partial charge in [-0.25, -0.2) is 9.18 Å². The van der Waals surface area contributed by atoms with Gasteiger partial charge in [-0.2, -0.15) is 0 Å². The third kappa shape index (κ3) is 4.03. The van der Waals surface area contributed by atoms with E-state index in [4.69, 9.17) is 10.5 Å². The van der Waals surface area contributed by atoms with E-state index in [0.29, 0.717) is 12.2 Å². The van der Waals surface area contributed by atoms with Crippen molar-refractivity contribution in [2.45, 2.75) is 19.9 Å². The first-order valence-corrected chi connectivity index (χ1v) is 5.38. The van der Waals surface area contributed by atoms with Crippen LogP contribution in [0.5, 0.6) is 5.75 Å². The van der Waals surface area contributed by atoms with Gasteiger partial charge in [0.1, 0.15) is 11.6 Å². The number of nitrogens with two attached hydrogens (primary N) is 1. The van der Waals surface area contributed by atoms with Crippen LogP contribution in [0.25, 0.3) is 0 Å². The maximum absolute atomic E-state index is 13.5. The van der Waals surface area contributed by atoms with Crippen molar-refractivity contribution in [2.75, 3.05) is 13.2 Å². The predicted molar refractivity (Wildman–Crippen MR) is 61.1 cm³/mol. The van der Waals surface area contributed by atoms with E-state index in [1.807, 2.05) is 0 Å². The van der Waals surface area contributed by atoms with Gasteiger partial charge in [-0.3, -0.25) is 0 Å². The summed E-state index contributed by atoms with van der Waals surface area (Å²) in [5.74, 6) is -0.648. The second-order valence-corrected chi connectivity index (χ2v) is 3.57. The Labute approximate surface area is 99.5 Å². The van der Waals surface area contributed by atoms with Gasteiger partial charge in [-0.1, -0.05) is 6.07 Å². The molecule has 0 aliphatic carbocycles. The zero-order chi connectivity index (χ0) is 12.8. The molecule has 0 radical (unpaired) electrons. The number of carbonyl (C=O) groups excluding carboxylic acids is 1. The predicted octanol–water partition coefficient (Wildman–Crippen LogP) is 1.79. The van der Waals surface area contributed by atoms with E-state index in [1.54, 1.807) is 26.0 Å². The molecule has 0 fully saturated rings. The summed E-state index contributed by atoms with van der Waals surface area (Å²) in [6.07, 6.45) is 0. The molecule has 0 aliphatic heterocycles. The first-order chi connectivity index (χ1) is 8.04. The normalized spacial score (nSPS) is 12.0. The average molecular weight is 241 g/mol. The van der Waals surface area contributed by atoms with E-state index >= 15 is 0 Å². The molecule has 1 atom stereocenters. The Bertz CT molecular complexity index is 393. The quantitative estimate of drug-likeness (QED) is 0.798. The third-order valence-electron chi connectivity index (χ3n) is 2.12. The van der Waals surface area contributed by atoms with Crippen LogP contribution in [-0.2, 0) is 9.53 Å². The Morgan fingerprint density at radius 1 is 1.53 bits per heavy atom. The Balaban J connectivity index is 2.62. The van der Waals surface area contributed by atoms with Crippen molar-refractivity contribution < 1.29 is 18.7 Å². The molecule has 5 heteroatoms. The minimum absolute atomic E-state index is 0.231. The summed E-state index contributed by atoms with van der Waals surface area (Å²) in [5, 5.41) is 0. The number of ether oxygens (including phenoxy) is 2. The number of carbonyl (C=O) groups is 1. The summed E-state index contributed by atoms with van der Waals surface area (Å²) in [4.78, 5) is 11.0. The zero-order valence-electron chi connectivity index (χ0n) is 9.90. The monoisotopic (exact) mass is 241 g/mol. The molecule has 0 bridgehead atoms. The summed E-state index contributed by atoms with van der Waals surface area (Å²) in [7, 11) is 0. The average Bonchev–Trinajstić information content (AvgIpc) is 2.26. The van der Waals surface area contributed by atoms with Crippen LogP contribution in [0, 0.1) is 5.82 Å². The van der Waals surface area contributed by atoms with Crippen molar-refractivity contribution in [3.63, 3.8) is 0 Å². The maximum atomic E-state index is 13.5. The lowest BCUT2D eigenvalue weighted by Crippen LogP contribution is -2.15. The molecule has 17 heavy (non-hydrogen) atoms. The lowest BCUT2D eigenvalue weighted by Gasteiger charge is -2.10. The van der Waals surface area contributed by atoms with Crippen molar-refractivity contribution in [2.24, 2.45) is 5.73 Å². The molecule has 0 spiro atoms. The molecular formula is C12H16FNO3. The Morgan fingerprint density at radius 3 is 2.76 bits per heavy atom. The maximum Gasteiger partial charge on any atom is 0.344 e. The van der Waals surface area contributed by atoms with E-state index < -0.39 is 11.8 Å². The highest BCUT2D eigenvalue weighted by atomic mass is 19.1. The molecule has 4 nitrogen and oxygen atoms in total. The second kappa shape index (κ2) is 6.20. The first kappa shape index (κ1) is 13.4. The van der Waals surface area contributed by atoms with E-state index in [9.17, 15) is 9.18 Å². The van der Waals surface area contributed by atoms with Crippen LogP contribution in [0.4, 0.5) is 4.39 Å². The molecule has 94 valence electrons. The van der Waals surface area contributed by atoms with Crippen LogP contribution >= 0.6 is 0 Å². The van der Waals surface area contributed by atoms with Crippen LogP contribution in [0.1, 0.15) is 25.5 Å². The van der Waals surface area contributed by atoms with Gasteiger partial charge >= 0.3 is 5.97 Å². The number of benzene rings is 1. The first-order valence-electron chi connectivity index (χ1n) is 5.38. The molecule has 0 aromatic heterocycles. The van der Waals surface area contributed by atoms with E-state index in [-0.39, 0.29) is 18.4 Å². The lowest BCUT2D eigenvalue weighted by molar-refractivity contribution is -0.145. The standard InChI is InChI=1S/C12H16FNO3/c1-3-16-12(15)7-17-9-4-5-10(8(2)14)11(13)6-9/h4-6,8H,3,7,14H2,1-2H3. The van der Waals surface area contributed by atoms with E-state index in [1.165, 1.54) is 6.07 Å². The van der Waals surface area contributed by atoms with Gasteiger partial charge in [0.15, 0.2) is 6.61 Å². The summed E-state index contributed by atoms with van der Waals surface area (Å²) in [6.45, 7) is 3.46. The van der Waals surface area contributed by atoms with Crippen LogP contribution < -0.4 is 10.5 Å². The van der Waals surface area contributed by atoms with Crippen LogP contribution in [0.15, 0.2) is 18.2 Å². The molecule has 1 unspecified atom stereocenters. The Kier molecular flexibility index (Phi) is 4.90. The number of hydrogen-bond acceptors (Lipinski definition) is 4. The van der Waals surface area contributed by atoms with Crippen LogP contribution in [0.3, 0.4) is 0 Å². The summed E-state index contributed by atoms with van der Waals surface area (Å²) in [6, 6.07) is 3.94. The molecule has 1 aromatic carbocycles. The van der Waals surface area contributed by atoms with Crippen molar-refractivity contribution >= 4 is 5.97 Å². The highest BCUT2D eigenvalue weighted by Crippen LogP contribution is 2.20. The topological polar surface area (TPSA) is 61.5 Å². The third-order valence-corrected chi connectivity index (χ3v) is 2.12. The minimum atomic E-state index is -0.482. The van der Waals surface area contributed by atoms with Gasteiger partial charge in [-0.05, 0) is 19.9 Å². The number of esters is 1. The highest BCUT2D eigenvalue weighted by Gasteiger charge is 2.09. The van der Waals surface area contributed by atoms with Crippen molar-refractivity contribution in [3.8, 4) is 5.75 Å². The molecule has 0 heterocycles. The number of halogens is 1. The fraction of sp³-hybridized carbons (Fsp3) is 0.417. The molecule has 0 saturated carbocycles. The Morgan fingerprint density at radius 2 is 2.24 bits per heavy atom. The molecule has 2 N–H and O–H groups in total. The molecule has 0 saturated heterocycles. The molecule has 1 aromatic rings. The molecule has 1 rings (SSSR count). The number of rotatable bonds is 5. The Hall–Kier alpha value is -1.62. The fourth-order valence-corrected chi connectivity index (χ4v) is 1.31. The highest BCUT2D eigenvalue weighted by molar-refractivity contribution is 5.71. The second-order valence-electron chi connectivity index (χ2n) is 3.57.